The van der Waals surface area contributed by atoms with E-state index in [4.69, 9.17) is 15.2 Å². The van der Waals surface area contributed by atoms with Crippen molar-refractivity contribution in [3.63, 3.8) is 0 Å². The van der Waals surface area contributed by atoms with Gasteiger partial charge in [0.05, 0.1) is 7.11 Å². The zero-order chi connectivity index (χ0) is 15.2. The number of benzene rings is 2. The van der Waals surface area contributed by atoms with Gasteiger partial charge in [-0.3, -0.25) is 0 Å². The predicted octanol–water partition coefficient (Wildman–Crippen LogP) is 3.39. The summed E-state index contributed by atoms with van der Waals surface area (Å²) in [5.74, 6) is 1.64. The van der Waals surface area contributed by atoms with Crippen molar-refractivity contribution in [1.29, 1.82) is 0 Å². The lowest BCUT2D eigenvalue weighted by Crippen LogP contribution is -2.06. The molecule has 0 radical (unpaired) electrons. The molecule has 3 heteroatoms. The van der Waals surface area contributed by atoms with Gasteiger partial charge in [0.25, 0.3) is 0 Å². The Labute approximate surface area is 126 Å². The van der Waals surface area contributed by atoms with Crippen molar-refractivity contribution < 1.29 is 9.47 Å². The molecule has 0 aliphatic rings. The van der Waals surface area contributed by atoms with E-state index in [1.54, 1.807) is 7.11 Å². The summed E-state index contributed by atoms with van der Waals surface area (Å²) in [5.41, 5.74) is 10.5. The summed E-state index contributed by atoms with van der Waals surface area (Å²) >= 11 is 0. The molecule has 0 bridgehead atoms. The van der Waals surface area contributed by atoms with E-state index >= 15 is 0 Å². The molecule has 0 aliphatic carbocycles. The lowest BCUT2D eigenvalue weighted by Gasteiger charge is -2.13. The minimum Gasteiger partial charge on any atom is -0.497 e. The highest BCUT2D eigenvalue weighted by atomic mass is 16.5. The van der Waals surface area contributed by atoms with Crippen LogP contribution in [0.1, 0.15) is 22.3 Å². The summed E-state index contributed by atoms with van der Waals surface area (Å²) < 4.78 is 11.2. The normalized spacial score (nSPS) is 10.5. The second-order valence-corrected chi connectivity index (χ2v) is 5.22. The van der Waals surface area contributed by atoms with Crippen LogP contribution in [-0.2, 0) is 13.0 Å². The summed E-state index contributed by atoms with van der Waals surface area (Å²) in [6, 6.07) is 12.3. The SMILES string of the molecule is COc1ccc(CCN)c(OCc2ccc(C)c(C)c2)c1. The average molecular weight is 285 g/mol. The summed E-state index contributed by atoms with van der Waals surface area (Å²) in [6.45, 7) is 5.38. The maximum atomic E-state index is 5.98. The van der Waals surface area contributed by atoms with Gasteiger partial charge in [-0.15, -0.1) is 0 Å². The number of hydrogen-bond acceptors (Lipinski definition) is 3. The van der Waals surface area contributed by atoms with Crippen molar-refractivity contribution in [2.24, 2.45) is 5.73 Å². The lowest BCUT2D eigenvalue weighted by molar-refractivity contribution is 0.300. The minimum absolute atomic E-state index is 0.547. The number of hydrogen-bond donors (Lipinski definition) is 1. The maximum absolute atomic E-state index is 5.98. The molecule has 0 saturated carbocycles. The topological polar surface area (TPSA) is 44.5 Å². The Morgan fingerprint density at radius 2 is 1.81 bits per heavy atom. The van der Waals surface area contributed by atoms with E-state index in [-0.39, 0.29) is 0 Å². The maximum Gasteiger partial charge on any atom is 0.126 e. The van der Waals surface area contributed by atoms with Crippen LogP contribution in [0.2, 0.25) is 0 Å². The van der Waals surface area contributed by atoms with E-state index < -0.39 is 0 Å². The highest BCUT2D eigenvalue weighted by Crippen LogP contribution is 2.26. The smallest absolute Gasteiger partial charge is 0.126 e. The monoisotopic (exact) mass is 285 g/mol. The zero-order valence-electron chi connectivity index (χ0n) is 13.0. The van der Waals surface area contributed by atoms with Gasteiger partial charge in [-0.25, -0.2) is 0 Å². The number of ether oxygens (including phenoxy) is 2. The van der Waals surface area contributed by atoms with Crippen molar-refractivity contribution >= 4 is 0 Å². The van der Waals surface area contributed by atoms with Crippen LogP contribution in [0, 0.1) is 13.8 Å². The molecule has 21 heavy (non-hydrogen) atoms. The van der Waals surface area contributed by atoms with Crippen molar-refractivity contribution in [2.45, 2.75) is 26.9 Å². The molecule has 0 spiro atoms. The van der Waals surface area contributed by atoms with E-state index in [9.17, 15) is 0 Å². The Kier molecular flexibility index (Phi) is 5.23. The summed E-state index contributed by atoms with van der Waals surface area (Å²) in [5, 5.41) is 0. The highest BCUT2D eigenvalue weighted by molar-refractivity contribution is 5.41. The lowest BCUT2D eigenvalue weighted by atomic mass is 10.1. The Hall–Kier alpha value is -2.00. The second-order valence-electron chi connectivity index (χ2n) is 5.22. The first-order valence-electron chi connectivity index (χ1n) is 7.20. The van der Waals surface area contributed by atoms with Crippen LogP contribution < -0.4 is 15.2 Å². The van der Waals surface area contributed by atoms with Gasteiger partial charge in [0, 0.05) is 6.07 Å². The van der Waals surface area contributed by atoms with E-state index in [0.717, 1.165) is 23.5 Å². The first kappa shape index (κ1) is 15.4. The van der Waals surface area contributed by atoms with Gasteiger partial charge in [-0.1, -0.05) is 24.3 Å². The van der Waals surface area contributed by atoms with Crippen LogP contribution in [0.3, 0.4) is 0 Å². The average Bonchev–Trinajstić information content (AvgIpc) is 2.50. The van der Waals surface area contributed by atoms with Crippen LogP contribution in [0.25, 0.3) is 0 Å². The molecule has 0 fully saturated rings. The fourth-order valence-electron chi connectivity index (χ4n) is 2.21. The predicted molar refractivity (Wildman–Crippen MR) is 86.0 cm³/mol. The van der Waals surface area contributed by atoms with Gasteiger partial charge in [0.15, 0.2) is 0 Å². The fraction of sp³-hybridized carbons (Fsp3) is 0.333. The number of nitrogens with two attached hydrogens (primary N) is 1. The molecule has 0 unspecified atom stereocenters. The largest absolute Gasteiger partial charge is 0.497 e. The molecule has 2 aromatic rings. The highest BCUT2D eigenvalue weighted by Gasteiger charge is 2.06. The third-order valence-corrected chi connectivity index (χ3v) is 3.65. The van der Waals surface area contributed by atoms with Gasteiger partial charge in [-0.2, -0.15) is 0 Å². The fourth-order valence-corrected chi connectivity index (χ4v) is 2.21. The molecule has 2 aromatic carbocycles. The first-order valence-corrected chi connectivity index (χ1v) is 7.20. The standard InChI is InChI=1S/C18H23NO2/c1-13-4-5-15(10-14(13)2)12-21-18-11-17(20-3)7-6-16(18)8-9-19/h4-7,10-11H,8-9,12,19H2,1-3H3. The van der Waals surface area contributed by atoms with Crippen molar-refractivity contribution in [1.82, 2.24) is 0 Å². The molecular weight excluding hydrogens is 262 g/mol. The van der Waals surface area contributed by atoms with Gasteiger partial charge < -0.3 is 15.2 Å². The molecule has 0 aliphatic heterocycles. The van der Waals surface area contributed by atoms with Gasteiger partial charge in [0.1, 0.15) is 18.1 Å². The van der Waals surface area contributed by atoms with Crippen molar-refractivity contribution in [3.05, 3.63) is 58.7 Å². The zero-order valence-corrected chi connectivity index (χ0v) is 13.0. The first-order chi connectivity index (χ1) is 10.1. The molecule has 0 aromatic heterocycles. The van der Waals surface area contributed by atoms with Gasteiger partial charge in [0.2, 0.25) is 0 Å². The van der Waals surface area contributed by atoms with E-state index in [2.05, 4.69) is 32.0 Å². The Bertz CT molecular complexity index is 608. The van der Waals surface area contributed by atoms with Crippen LogP contribution in [0.4, 0.5) is 0 Å². The molecular formula is C18H23NO2. The number of rotatable bonds is 6. The Balaban J connectivity index is 2.15. The number of methoxy groups -OCH3 is 1. The summed E-state index contributed by atoms with van der Waals surface area (Å²) in [6.07, 6.45) is 0.798. The minimum atomic E-state index is 0.547. The van der Waals surface area contributed by atoms with Crippen LogP contribution >= 0.6 is 0 Å². The van der Waals surface area contributed by atoms with E-state index in [1.165, 1.54) is 16.7 Å². The summed E-state index contributed by atoms with van der Waals surface area (Å²) in [4.78, 5) is 0. The van der Waals surface area contributed by atoms with Crippen molar-refractivity contribution in [3.8, 4) is 11.5 Å². The molecule has 2 N–H and O–H groups in total. The van der Waals surface area contributed by atoms with Gasteiger partial charge in [-0.05, 0) is 55.1 Å². The molecule has 0 amide bonds. The molecule has 3 nitrogen and oxygen atoms in total. The Morgan fingerprint density at radius 3 is 2.48 bits per heavy atom. The molecule has 112 valence electrons. The third-order valence-electron chi connectivity index (χ3n) is 3.65. The van der Waals surface area contributed by atoms with E-state index in [1.807, 2.05) is 18.2 Å². The molecule has 0 heterocycles. The van der Waals surface area contributed by atoms with Crippen LogP contribution in [0.15, 0.2) is 36.4 Å². The number of aryl methyl sites for hydroxylation is 2. The molecule has 0 atom stereocenters. The van der Waals surface area contributed by atoms with Crippen LogP contribution in [-0.4, -0.2) is 13.7 Å². The Morgan fingerprint density at radius 1 is 1.00 bits per heavy atom. The van der Waals surface area contributed by atoms with Crippen LogP contribution in [0.5, 0.6) is 11.5 Å². The second kappa shape index (κ2) is 7.14. The quantitative estimate of drug-likeness (QED) is 0.884. The summed E-state index contributed by atoms with van der Waals surface area (Å²) in [7, 11) is 1.66. The van der Waals surface area contributed by atoms with Crippen molar-refractivity contribution in [2.75, 3.05) is 13.7 Å². The third kappa shape index (κ3) is 3.99. The van der Waals surface area contributed by atoms with E-state index in [0.29, 0.717) is 13.2 Å². The molecule has 2 rings (SSSR count). The van der Waals surface area contributed by atoms with Gasteiger partial charge >= 0.3 is 0 Å². The molecule has 0 saturated heterocycles.